The summed E-state index contributed by atoms with van der Waals surface area (Å²) >= 11 is 2.54. The van der Waals surface area contributed by atoms with E-state index in [1.807, 2.05) is 0 Å². The van der Waals surface area contributed by atoms with Crippen LogP contribution in [-0.2, 0) is 21.3 Å². The maximum Gasteiger partial charge on any atom is 0.250 e. The van der Waals surface area contributed by atoms with Crippen LogP contribution >= 0.6 is 22.6 Å². The Morgan fingerprint density at radius 2 is 1.87 bits per heavy atom. The van der Waals surface area contributed by atoms with Gasteiger partial charge in [0, 0.05) is 33.8 Å². The quantitative estimate of drug-likeness (QED) is 0.263. The number of quaternary nitrogens is 1. The predicted octanol–water partition coefficient (Wildman–Crippen LogP) is 5.37. The minimum atomic E-state index is -2.10. The van der Waals surface area contributed by atoms with Gasteiger partial charge in [0.15, 0.2) is 12.0 Å². The summed E-state index contributed by atoms with van der Waals surface area (Å²) in [6.07, 6.45) is 5.79. The number of piperidine rings is 1. The van der Waals surface area contributed by atoms with Gasteiger partial charge in [-0.3, -0.25) is 0 Å². The lowest BCUT2D eigenvalue weighted by Crippen LogP contribution is -2.81. The van der Waals surface area contributed by atoms with E-state index in [9.17, 15) is 5.11 Å². The van der Waals surface area contributed by atoms with Gasteiger partial charge in [0.2, 0.25) is 0 Å². The number of ether oxygens (including phenoxy) is 3. The summed E-state index contributed by atoms with van der Waals surface area (Å²) in [6, 6.07) is 2.43. The number of hydrogen-bond acceptors (Lipinski definition) is 5. The summed E-state index contributed by atoms with van der Waals surface area (Å²) in [5.74, 6) is 2.73. The number of nitrogens with zero attached hydrogens (tertiary/aromatic N) is 1. The highest BCUT2D eigenvalue weighted by Crippen LogP contribution is 2.68. The lowest BCUT2D eigenvalue weighted by atomic mass is 9.47. The molecule has 3 aliphatic carbocycles. The lowest BCUT2D eigenvalue weighted by molar-refractivity contribution is -0.950. The molecule has 6 atom stereocenters. The Hall–Kier alpha value is -0.393. The molecule has 8 heteroatoms. The molecular formula is C30H45INO5Si+. The third kappa shape index (κ3) is 3.49. The molecule has 1 spiro atoms. The summed E-state index contributed by atoms with van der Waals surface area (Å²) in [6.45, 7) is 15.0. The topological polar surface area (TPSA) is 57.2 Å². The Balaban J connectivity index is 1.41. The molecule has 2 saturated carbocycles. The normalized spacial score (nSPS) is 40.2. The first kappa shape index (κ1) is 26.5. The summed E-state index contributed by atoms with van der Waals surface area (Å²) in [7, 11) is 0.327. The van der Waals surface area contributed by atoms with E-state index in [0.29, 0.717) is 13.2 Å². The van der Waals surface area contributed by atoms with Crippen molar-refractivity contribution < 1.29 is 28.2 Å². The van der Waals surface area contributed by atoms with Crippen molar-refractivity contribution >= 4 is 30.9 Å². The highest BCUT2D eigenvalue weighted by molar-refractivity contribution is 14.1. The molecule has 0 aromatic heterocycles. The molecule has 2 bridgehead atoms. The fourth-order valence-corrected chi connectivity index (χ4v) is 10.4. The molecule has 38 heavy (non-hydrogen) atoms. The van der Waals surface area contributed by atoms with Crippen LogP contribution in [0.25, 0.3) is 0 Å². The highest BCUT2D eigenvalue weighted by atomic mass is 127. The molecule has 1 aromatic rings. The van der Waals surface area contributed by atoms with Crippen LogP contribution in [0.2, 0.25) is 18.1 Å². The van der Waals surface area contributed by atoms with Gasteiger partial charge in [0.05, 0.1) is 38.8 Å². The van der Waals surface area contributed by atoms with Gasteiger partial charge in [-0.15, -0.1) is 0 Å². The van der Waals surface area contributed by atoms with E-state index in [2.05, 4.69) is 69.6 Å². The molecular weight excluding hydrogens is 609 g/mol. The second kappa shape index (κ2) is 8.34. The zero-order valence-corrected chi connectivity index (χ0v) is 27.1. The van der Waals surface area contributed by atoms with Crippen LogP contribution in [0.1, 0.15) is 64.0 Å². The van der Waals surface area contributed by atoms with Crippen molar-refractivity contribution in [1.82, 2.24) is 0 Å². The van der Waals surface area contributed by atoms with E-state index in [1.165, 1.54) is 34.1 Å². The molecule has 6 nitrogen and oxygen atoms in total. The second-order valence-electron chi connectivity index (χ2n) is 14.9. The molecule has 0 radical (unpaired) electrons. The van der Waals surface area contributed by atoms with Gasteiger partial charge in [0.25, 0.3) is 8.32 Å². The van der Waals surface area contributed by atoms with E-state index < -0.39 is 19.3 Å². The monoisotopic (exact) mass is 654 g/mol. The second-order valence-corrected chi connectivity index (χ2v) is 20.8. The number of hydrogen-bond donors (Lipinski definition) is 1. The first-order chi connectivity index (χ1) is 17.8. The van der Waals surface area contributed by atoms with Crippen molar-refractivity contribution in [1.29, 1.82) is 0 Å². The average molecular weight is 655 g/mol. The maximum atomic E-state index is 13.1. The molecule has 1 N–H and O–H groups in total. The number of likely N-dealkylation sites (tertiary alicyclic amines) is 1. The molecule has 0 amide bonds. The van der Waals surface area contributed by atoms with E-state index >= 15 is 0 Å². The minimum absolute atomic E-state index is 0.0809. The Bertz CT molecular complexity index is 1160. The van der Waals surface area contributed by atoms with Gasteiger partial charge in [-0.2, -0.15) is 0 Å². The fourth-order valence-electron chi connectivity index (χ4n) is 8.63. The summed E-state index contributed by atoms with van der Waals surface area (Å²) in [5.41, 5.74) is 1.43. The Morgan fingerprint density at radius 3 is 2.53 bits per heavy atom. The lowest BCUT2D eigenvalue weighted by Gasteiger charge is -2.66. The maximum absolute atomic E-state index is 13.1. The molecule has 4 fully saturated rings. The summed E-state index contributed by atoms with van der Waals surface area (Å²) < 4.78 is 28.6. The van der Waals surface area contributed by atoms with E-state index in [1.54, 1.807) is 0 Å². The molecule has 2 saturated heterocycles. The van der Waals surface area contributed by atoms with Crippen LogP contribution in [0.3, 0.4) is 0 Å². The van der Waals surface area contributed by atoms with Crippen molar-refractivity contribution in [3.05, 3.63) is 20.8 Å². The predicted molar refractivity (Wildman–Crippen MR) is 157 cm³/mol. The third-order valence-electron chi connectivity index (χ3n) is 11.8. The van der Waals surface area contributed by atoms with E-state index in [0.717, 1.165) is 54.1 Å². The van der Waals surface area contributed by atoms with Crippen molar-refractivity contribution in [2.45, 2.75) is 107 Å². The number of likely N-dealkylation sites (N-methyl/N-ethyl adjacent to an activating group) is 1. The number of benzene rings is 1. The average Bonchev–Trinajstić information content (AvgIpc) is 3.32. The molecule has 210 valence electrons. The molecule has 3 aliphatic heterocycles. The minimum Gasteiger partial charge on any atom is -0.541 e. The van der Waals surface area contributed by atoms with Crippen molar-refractivity contribution in [2.24, 2.45) is 11.8 Å². The zero-order valence-electron chi connectivity index (χ0n) is 23.9. The largest absolute Gasteiger partial charge is 0.541 e. The van der Waals surface area contributed by atoms with E-state index in [4.69, 9.17) is 18.6 Å². The first-order valence-electron chi connectivity index (χ1n) is 14.8. The van der Waals surface area contributed by atoms with Gasteiger partial charge >= 0.3 is 0 Å². The van der Waals surface area contributed by atoms with Crippen molar-refractivity contribution in [3.63, 3.8) is 0 Å². The SMILES string of the molecule is CC(C)(C)[Si](C)(C)Oc1cc(I)c2c3c1O[C@H]1C(C4OCCO4)CCC4(O)[C@@H](C2)[N+](C)(CC2CC2)CC[C@]314. The summed E-state index contributed by atoms with van der Waals surface area (Å²) in [5, 5.41) is 13.2. The number of halogens is 1. The van der Waals surface area contributed by atoms with Crippen LogP contribution in [0.15, 0.2) is 6.07 Å². The Kier molecular flexibility index (Phi) is 5.82. The Morgan fingerprint density at radius 1 is 1.16 bits per heavy atom. The number of rotatable bonds is 5. The van der Waals surface area contributed by atoms with Gasteiger partial charge in [0.1, 0.15) is 23.5 Å². The number of aliphatic hydroxyl groups is 1. The molecule has 7 rings (SSSR count). The molecule has 6 aliphatic rings. The van der Waals surface area contributed by atoms with Gasteiger partial charge in [-0.05, 0) is 78.0 Å². The van der Waals surface area contributed by atoms with Crippen LogP contribution in [0.5, 0.6) is 11.5 Å². The Labute approximate surface area is 242 Å². The standard InChI is InChI=1S/C30H45INO5Si/c1-28(2,3)38(5,6)37-22-16-21(31)20-15-23-30(33)10-9-19(27-34-13-14-35-27)26-29(30,24(20)25(22)36-26)11-12-32(23,4)17-18-7-8-18/h16,18-19,23,26-27,33H,7-15,17H2,1-6H3/q+1/t19?,23-,26+,29+,30?,32?/m1/s1. The van der Waals surface area contributed by atoms with Crippen LogP contribution in [0, 0.1) is 15.4 Å². The fraction of sp³-hybridized carbons (Fsp3) is 0.800. The molecule has 1 aromatic carbocycles. The van der Waals surface area contributed by atoms with Gasteiger partial charge in [-0.1, -0.05) is 20.8 Å². The molecule has 3 heterocycles. The van der Waals surface area contributed by atoms with Crippen LogP contribution in [-0.4, -0.2) is 75.3 Å². The van der Waals surface area contributed by atoms with Gasteiger partial charge in [-0.25, -0.2) is 0 Å². The van der Waals surface area contributed by atoms with Crippen LogP contribution in [0.4, 0.5) is 0 Å². The third-order valence-corrected chi connectivity index (χ3v) is 17.1. The van der Waals surface area contributed by atoms with E-state index in [-0.39, 0.29) is 29.4 Å². The zero-order chi connectivity index (χ0) is 26.9. The first-order valence-corrected chi connectivity index (χ1v) is 18.8. The summed E-state index contributed by atoms with van der Waals surface area (Å²) in [4.78, 5) is 0. The van der Waals surface area contributed by atoms with Crippen molar-refractivity contribution in [2.75, 3.05) is 33.4 Å². The smallest absolute Gasteiger partial charge is 0.250 e. The highest BCUT2D eigenvalue weighted by Gasteiger charge is 2.77. The van der Waals surface area contributed by atoms with Gasteiger partial charge < -0.3 is 28.2 Å². The van der Waals surface area contributed by atoms with Crippen molar-refractivity contribution in [3.8, 4) is 11.5 Å². The molecule has 3 unspecified atom stereocenters. The van der Waals surface area contributed by atoms with Crippen LogP contribution < -0.4 is 9.16 Å².